The molecule has 6 nitrogen and oxygen atoms in total. The summed E-state index contributed by atoms with van der Waals surface area (Å²) in [7, 11) is 6.40. The van der Waals surface area contributed by atoms with E-state index in [1.54, 1.807) is 34.6 Å². The van der Waals surface area contributed by atoms with Crippen LogP contribution in [0.5, 0.6) is 23.0 Å². The Labute approximate surface area is 152 Å². The summed E-state index contributed by atoms with van der Waals surface area (Å²) in [6.07, 6.45) is 1.68. The van der Waals surface area contributed by atoms with E-state index in [4.69, 9.17) is 23.5 Å². The molecule has 0 saturated carbocycles. The van der Waals surface area contributed by atoms with Crippen molar-refractivity contribution >= 4 is 0 Å². The van der Waals surface area contributed by atoms with E-state index in [0.29, 0.717) is 23.0 Å². The standard InChI is InChI=1S/C20H21NO5/c1-12-8-13(6-7-16(12)22-2)19-15(11-21-26-19)14-9-17(23-3)20(25-5)18(10-14)24-4/h6-11H,1-5H3. The quantitative estimate of drug-likeness (QED) is 0.655. The number of ether oxygens (including phenoxy) is 4. The van der Waals surface area contributed by atoms with Gasteiger partial charge in [0.05, 0.1) is 34.6 Å². The van der Waals surface area contributed by atoms with Gasteiger partial charge in [0.1, 0.15) is 5.75 Å². The van der Waals surface area contributed by atoms with Crippen LogP contribution in [-0.2, 0) is 0 Å². The van der Waals surface area contributed by atoms with Gasteiger partial charge in [0, 0.05) is 11.1 Å². The van der Waals surface area contributed by atoms with Crippen LogP contribution in [0.4, 0.5) is 0 Å². The van der Waals surface area contributed by atoms with Crippen LogP contribution in [0.1, 0.15) is 5.56 Å². The smallest absolute Gasteiger partial charge is 0.203 e. The highest BCUT2D eigenvalue weighted by atomic mass is 16.5. The fourth-order valence-electron chi connectivity index (χ4n) is 2.91. The zero-order valence-electron chi connectivity index (χ0n) is 15.5. The Morgan fingerprint density at radius 3 is 1.96 bits per heavy atom. The van der Waals surface area contributed by atoms with Crippen molar-refractivity contribution in [3.05, 3.63) is 42.1 Å². The van der Waals surface area contributed by atoms with Gasteiger partial charge < -0.3 is 23.5 Å². The maximum Gasteiger partial charge on any atom is 0.203 e. The molecule has 3 rings (SSSR count). The first-order chi connectivity index (χ1) is 12.6. The van der Waals surface area contributed by atoms with Crippen molar-refractivity contribution in [3.8, 4) is 45.4 Å². The van der Waals surface area contributed by atoms with Crippen molar-refractivity contribution in [2.24, 2.45) is 0 Å². The number of benzene rings is 2. The average molecular weight is 355 g/mol. The second kappa shape index (κ2) is 7.39. The zero-order valence-corrected chi connectivity index (χ0v) is 15.5. The molecule has 0 fully saturated rings. The molecular weight excluding hydrogens is 334 g/mol. The van der Waals surface area contributed by atoms with E-state index in [0.717, 1.165) is 28.0 Å². The predicted molar refractivity (Wildman–Crippen MR) is 98.3 cm³/mol. The van der Waals surface area contributed by atoms with E-state index >= 15 is 0 Å². The molecule has 2 aromatic carbocycles. The van der Waals surface area contributed by atoms with Crippen molar-refractivity contribution in [1.82, 2.24) is 5.16 Å². The summed E-state index contributed by atoms with van der Waals surface area (Å²) in [6.45, 7) is 1.98. The van der Waals surface area contributed by atoms with Gasteiger partial charge in [-0.1, -0.05) is 5.16 Å². The third kappa shape index (κ3) is 3.06. The molecule has 0 saturated heterocycles. The fraction of sp³-hybridized carbons (Fsp3) is 0.250. The van der Waals surface area contributed by atoms with Crippen molar-refractivity contribution in [3.63, 3.8) is 0 Å². The van der Waals surface area contributed by atoms with Gasteiger partial charge in [-0.25, -0.2) is 0 Å². The Morgan fingerprint density at radius 2 is 1.42 bits per heavy atom. The van der Waals surface area contributed by atoms with E-state index in [9.17, 15) is 0 Å². The van der Waals surface area contributed by atoms with Crippen LogP contribution in [0.3, 0.4) is 0 Å². The molecular formula is C20H21NO5. The first-order valence-electron chi connectivity index (χ1n) is 8.03. The minimum Gasteiger partial charge on any atom is -0.496 e. The van der Waals surface area contributed by atoms with Crippen LogP contribution in [0, 0.1) is 6.92 Å². The van der Waals surface area contributed by atoms with E-state index in [1.165, 1.54) is 0 Å². The molecule has 0 amide bonds. The van der Waals surface area contributed by atoms with E-state index in [2.05, 4.69) is 5.16 Å². The van der Waals surface area contributed by atoms with E-state index < -0.39 is 0 Å². The molecule has 0 bridgehead atoms. The van der Waals surface area contributed by atoms with Crippen LogP contribution in [0.25, 0.3) is 22.5 Å². The second-order valence-corrected chi connectivity index (χ2v) is 5.67. The van der Waals surface area contributed by atoms with Crippen LogP contribution < -0.4 is 18.9 Å². The van der Waals surface area contributed by atoms with Gasteiger partial charge in [0.2, 0.25) is 5.75 Å². The molecule has 6 heteroatoms. The number of hydrogen-bond acceptors (Lipinski definition) is 6. The van der Waals surface area contributed by atoms with Crippen molar-refractivity contribution in [2.45, 2.75) is 6.92 Å². The predicted octanol–water partition coefficient (Wildman–Crippen LogP) is 4.35. The first-order valence-corrected chi connectivity index (χ1v) is 8.03. The minimum atomic E-state index is 0.539. The van der Waals surface area contributed by atoms with Crippen molar-refractivity contribution in [2.75, 3.05) is 28.4 Å². The monoisotopic (exact) mass is 355 g/mol. The van der Waals surface area contributed by atoms with Gasteiger partial charge >= 0.3 is 0 Å². The summed E-state index contributed by atoms with van der Waals surface area (Å²) in [5, 5.41) is 3.98. The van der Waals surface area contributed by atoms with Gasteiger partial charge in [-0.3, -0.25) is 0 Å². The van der Waals surface area contributed by atoms with Crippen molar-refractivity contribution in [1.29, 1.82) is 0 Å². The van der Waals surface area contributed by atoms with Gasteiger partial charge in [-0.15, -0.1) is 0 Å². The summed E-state index contributed by atoms with van der Waals surface area (Å²) >= 11 is 0. The van der Waals surface area contributed by atoms with E-state index in [-0.39, 0.29) is 0 Å². The molecule has 26 heavy (non-hydrogen) atoms. The van der Waals surface area contributed by atoms with Gasteiger partial charge in [-0.05, 0) is 48.4 Å². The van der Waals surface area contributed by atoms with Crippen LogP contribution >= 0.6 is 0 Å². The lowest BCUT2D eigenvalue weighted by molar-refractivity contribution is 0.324. The lowest BCUT2D eigenvalue weighted by Gasteiger charge is -2.14. The Morgan fingerprint density at radius 1 is 0.769 bits per heavy atom. The normalized spacial score (nSPS) is 10.5. The summed E-state index contributed by atoms with van der Waals surface area (Å²) < 4.78 is 27.1. The van der Waals surface area contributed by atoms with E-state index in [1.807, 2.05) is 37.3 Å². The Kier molecular flexibility index (Phi) is 5.02. The number of rotatable bonds is 6. The molecule has 136 valence electrons. The molecule has 0 aliphatic carbocycles. The molecule has 0 aliphatic heterocycles. The SMILES string of the molecule is COc1ccc(-c2oncc2-c2cc(OC)c(OC)c(OC)c2)cc1C. The highest BCUT2D eigenvalue weighted by Gasteiger charge is 2.19. The van der Waals surface area contributed by atoms with Gasteiger partial charge in [-0.2, -0.15) is 0 Å². The summed E-state index contributed by atoms with van der Waals surface area (Å²) in [6, 6.07) is 9.59. The first kappa shape index (κ1) is 17.7. The Balaban J connectivity index is 2.13. The third-order valence-electron chi connectivity index (χ3n) is 4.20. The summed E-state index contributed by atoms with van der Waals surface area (Å²) in [5.74, 6) is 3.16. The van der Waals surface area contributed by atoms with Crippen molar-refractivity contribution < 1.29 is 23.5 Å². The van der Waals surface area contributed by atoms with Crippen LogP contribution in [-0.4, -0.2) is 33.6 Å². The number of methoxy groups -OCH3 is 4. The summed E-state index contributed by atoms with van der Waals surface area (Å²) in [5.41, 5.74) is 3.60. The molecule has 0 N–H and O–H groups in total. The molecule has 0 atom stereocenters. The number of nitrogens with zero attached hydrogens (tertiary/aromatic N) is 1. The molecule has 1 heterocycles. The zero-order chi connectivity index (χ0) is 18.7. The maximum absolute atomic E-state index is 5.53. The molecule has 0 unspecified atom stereocenters. The Bertz CT molecular complexity index is 891. The molecule has 0 aliphatic rings. The van der Waals surface area contributed by atoms with Gasteiger partial charge in [0.25, 0.3) is 0 Å². The lowest BCUT2D eigenvalue weighted by Crippen LogP contribution is -1.95. The molecule has 0 spiro atoms. The molecule has 1 aromatic heterocycles. The molecule has 3 aromatic rings. The van der Waals surface area contributed by atoms with Crippen LogP contribution in [0.15, 0.2) is 41.1 Å². The van der Waals surface area contributed by atoms with Crippen LogP contribution in [0.2, 0.25) is 0 Å². The highest BCUT2D eigenvalue weighted by molar-refractivity contribution is 5.82. The minimum absolute atomic E-state index is 0.539. The lowest BCUT2D eigenvalue weighted by atomic mass is 10.0. The average Bonchev–Trinajstić information content (AvgIpc) is 3.16. The fourth-order valence-corrected chi connectivity index (χ4v) is 2.91. The number of aryl methyl sites for hydroxylation is 1. The highest BCUT2D eigenvalue weighted by Crippen LogP contribution is 2.43. The second-order valence-electron chi connectivity index (χ2n) is 5.67. The Hall–Kier alpha value is -3.15. The van der Waals surface area contributed by atoms with Gasteiger partial charge in [0.15, 0.2) is 17.3 Å². The summed E-state index contributed by atoms with van der Waals surface area (Å²) in [4.78, 5) is 0. The number of hydrogen-bond donors (Lipinski definition) is 0. The maximum atomic E-state index is 5.53. The molecule has 0 radical (unpaired) electrons. The third-order valence-corrected chi connectivity index (χ3v) is 4.20. The topological polar surface area (TPSA) is 63.0 Å². The number of aromatic nitrogens is 1. The largest absolute Gasteiger partial charge is 0.496 e.